The number of benzene rings is 2. The van der Waals surface area contributed by atoms with Crippen LogP contribution in [0, 0.1) is 6.92 Å². The fourth-order valence-electron chi connectivity index (χ4n) is 2.63. The summed E-state index contributed by atoms with van der Waals surface area (Å²) in [7, 11) is 0. The van der Waals surface area contributed by atoms with Gasteiger partial charge in [0.25, 0.3) is 11.5 Å². The number of para-hydroxylation sites is 1. The largest absolute Gasteiger partial charge is 0.453 e. The smallest absolute Gasteiger partial charge is 0.326 e. The maximum Gasteiger partial charge on any atom is 0.326 e. The Labute approximate surface area is 155 Å². The van der Waals surface area contributed by atoms with Crippen molar-refractivity contribution in [2.24, 2.45) is 0 Å². The van der Waals surface area contributed by atoms with Crippen LogP contribution >= 0.6 is 0 Å². The minimum Gasteiger partial charge on any atom is -0.453 e. The zero-order chi connectivity index (χ0) is 19.4. The zero-order valence-electron chi connectivity index (χ0n) is 15.0. The number of carbonyl (C=O) groups excluding carboxylic acids is 2. The molecule has 27 heavy (non-hydrogen) atoms. The van der Waals surface area contributed by atoms with E-state index < -0.39 is 12.1 Å². The van der Waals surface area contributed by atoms with E-state index in [1.165, 1.54) is 0 Å². The molecule has 1 atom stereocenters. The lowest BCUT2D eigenvalue weighted by molar-refractivity contribution is -0.147. The lowest BCUT2D eigenvalue weighted by atomic mass is 10.1. The third kappa shape index (κ3) is 4.38. The maximum atomic E-state index is 12.1. The van der Waals surface area contributed by atoms with E-state index >= 15 is 0 Å². The zero-order valence-corrected chi connectivity index (χ0v) is 15.0. The predicted molar refractivity (Wildman–Crippen MR) is 100 cm³/mol. The molecule has 0 saturated carbocycles. The molecule has 0 unspecified atom stereocenters. The van der Waals surface area contributed by atoms with Crippen LogP contribution in [0.4, 0.5) is 0 Å². The first-order valence-electron chi connectivity index (χ1n) is 8.47. The summed E-state index contributed by atoms with van der Waals surface area (Å²) in [5.41, 5.74) is 1.64. The van der Waals surface area contributed by atoms with Crippen molar-refractivity contribution < 1.29 is 14.3 Å². The van der Waals surface area contributed by atoms with Gasteiger partial charge in [-0.1, -0.05) is 29.8 Å². The first-order chi connectivity index (χ1) is 12.9. The molecule has 0 aliphatic carbocycles. The van der Waals surface area contributed by atoms with Gasteiger partial charge in [0.2, 0.25) is 0 Å². The van der Waals surface area contributed by atoms with Gasteiger partial charge in [-0.25, -0.2) is 4.98 Å². The number of ether oxygens (including phenoxy) is 1. The molecule has 3 rings (SSSR count). The van der Waals surface area contributed by atoms with Gasteiger partial charge in [-0.15, -0.1) is 0 Å². The van der Waals surface area contributed by atoms with Crippen molar-refractivity contribution in [3.63, 3.8) is 0 Å². The lowest BCUT2D eigenvalue weighted by Gasteiger charge is -2.13. The van der Waals surface area contributed by atoms with Crippen LogP contribution in [0.3, 0.4) is 0 Å². The minimum atomic E-state index is -0.759. The Kier molecular flexibility index (Phi) is 5.30. The van der Waals surface area contributed by atoms with Crippen LogP contribution in [0.2, 0.25) is 0 Å². The van der Waals surface area contributed by atoms with Gasteiger partial charge in [-0.3, -0.25) is 14.4 Å². The number of amides is 1. The SMILES string of the molecule is Cc1cccc(C(=O)NCC(=O)O[C@@H](C)c2nc3ccccc3c(=O)[nH]2)c1. The van der Waals surface area contributed by atoms with Crippen LogP contribution < -0.4 is 10.9 Å². The number of aromatic amines is 1. The number of hydrogen-bond donors (Lipinski definition) is 2. The molecule has 1 amide bonds. The first kappa shape index (κ1) is 18.3. The number of fused-ring (bicyclic) bond motifs is 1. The molecule has 0 fully saturated rings. The average Bonchev–Trinajstić information content (AvgIpc) is 2.66. The van der Waals surface area contributed by atoms with Gasteiger partial charge in [0, 0.05) is 5.56 Å². The van der Waals surface area contributed by atoms with E-state index in [0.29, 0.717) is 16.5 Å². The van der Waals surface area contributed by atoms with Crippen molar-refractivity contribution in [2.45, 2.75) is 20.0 Å². The van der Waals surface area contributed by atoms with E-state index in [-0.39, 0.29) is 23.8 Å². The van der Waals surface area contributed by atoms with E-state index in [1.807, 2.05) is 13.0 Å². The number of H-pyrrole nitrogens is 1. The van der Waals surface area contributed by atoms with Crippen molar-refractivity contribution in [1.82, 2.24) is 15.3 Å². The number of hydrogen-bond acceptors (Lipinski definition) is 5. The summed E-state index contributed by atoms with van der Waals surface area (Å²) < 4.78 is 5.26. The summed E-state index contributed by atoms with van der Waals surface area (Å²) in [6, 6.07) is 14.0. The Hall–Kier alpha value is -3.48. The second kappa shape index (κ2) is 7.82. The van der Waals surface area contributed by atoms with Crippen LogP contribution in [0.25, 0.3) is 10.9 Å². The Morgan fingerprint density at radius 1 is 1.19 bits per heavy atom. The van der Waals surface area contributed by atoms with Gasteiger partial charge < -0.3 is 15.0 Å². The molecule has 2 aromatic carbocycles. The monoisotopic (exact) mass is 365 g/mol. The Balaban J connectivity index is 1.62. The fourth-order valence-corrected chi connectivity index (χ4v) is 2.63. The molecule has 0 aliphatic heterocycles. The fraction of sp³-hybridized carbons (Fsp3) is 0.200. The lowest BCUT2D eigenvalue weighted by Crippen LogP contribution is -2.31. The third-order valence-electron chi connectivity index (χ3n) is 4.00. The van der Waals surface area contributed by atoms with Crippen molar-refractivity contribution in [1.29, 1.82) is 0 Å². The second-order valence-electron chi connectivity index (χ2n) is 6.15. The molecule has 1 aromatic heterocycles. The summed E-state index contributed by atoms with van der Waals surface area (Å²) in [6.07, 6.45) is -0.759. The number of esters is 1. The van der Waals surface area contributed by atoms with E-state index in [9.17, 15) is 14.4 Å². The number of nitrogens with one attached hydrogen (secondary N) is 2. The summed E-state index contributed by atoms with van der Waals surface area (Å²) in [5, 5.41) is 2.98. The van der Waals surface area contributed by atoms with Crippen molar-refractivity contribution in [2.75, 3.05) is 6.54 Å². The first-order valence-corrected chi connectivity index (χ1v) is 8.47. The highest BCUT2D eigenvalue weighted by atomic mass is 16.5. The highest BCUT2D eigenvalue weighted by molar-refractivity contribution is 5.96. The molecular weight excluding hydrogens is 346 g/mol. The number of carbonyl (C=O) groups is 2. The van der Waals surface area contributed by atoms with Crippen molar-refractivity contribution in [3.8, 4) is 0 Å². The van der Waals surface area contributed by atoms with E-state index in [4.69, 9.17) is 4.74 Å². The number of nitrogens with zero attached hydrogens (tertiary/aromatic N) is 1. The van der Waals surface area contributed by atoms with Gasteiger partial charge in [0.15, 0.2) is 11.9 Å². The van der Waals surface area contributed by atoms with Crippen LogP contribution in [0.1, 0.15) is 34.8 Å². The minimum absolute atomic E-state index is 0.247. The predicted octanol–water partition coefficient (Wildman–Crippen LogP) is 2.27. The molecule has 0 aliphatic rings. The average molecular weight is 365 g/mol. The normalized spacial score (nSPS) is 11.8. The Bertz CT molecular complexity index is 1060. The van der Waals surface area contributed by atoms with E-state index in [2.05, 4.69) is 15.3 Å². The highest BCUT2D eigenvalue weighted by Crippen LogP contribution is 2.14. The van der Waals surface area contributed by atoms with E-state index in [0.717, 1.165) is 5.56 Å². The number of aromatic nitrogens is 2. The quantitative estimate of drug-likeness (QED) is 0.676. The van der Waals surface area contributed by atoms with Crippen molar-refractivity contribution in [3.05, 3.63) is 75.8 Å². The van der Waals surface area contributed by atoms with Gasteiger partial charge >= 0.3 is 5.97 Å². The van der Waals surface area contributed by atoms with Crippen LogP contribution in [-0.4, -0.2) is 28.4 Å². The summed E-state index contributed by atoms with van der Waals surface area (Å²) in [4.78, 5) is 43.1. The molecular formula is C20H19N3O4. The molecule has 3 aromatic rings. The van der Waals surface area contributed by atoms with Crippen LogP contribution in [0.5, 0.6) is 0 Å². The van der Waals surface area contributed by atoms with Gasteiger partial charge in [-0.05, 0) is 38.1 Å². The summed E-state index contributed by atoms with van der Waals surface area (Å²) in [6.45, 7) is 3.20. The van der Waals surface area contributed by atoms with Crippen LogP contribution in [0.15, 0.2) is 53.3 Å². The second-order valence-corrected chi connectivity index (χ2v) is 6.15. The summed E-state index contributed by atoms with van der Waals surface area (Å²) in [5.74, 6) is -0.739. The topological polar surface area (TPSA) is 101 Å². The molecule has 138 valence electrons. The molecule has 7 heteroatoms. The van der Waals surface area contributed by atoms with Gasteiger partial charge in [0.05, 0.1) is 10.9 Å². The molecule has 2 N–H and O–H groups in total. The molecule has 0 radical (unpaired) electrons. The van der Waals surface area contributed by atoms with Gasteiger partial charge in [0.1, 0.15) is 6.54 Å². The van der Waals surface area contributed by atoms with E-state index in [1.54, 1.807) is 49.4 Å². The van der Waals surface area contributed by atoms with Crippen molar-refractivity contribution >= 4 is 22.8 Å². The number of aryl methyl sites for hydroxylation is 1. The maximum absolute atomic E-state index is 12.1. The molecule has 1 heterocycles. The summed E-state index contributed by atoms with van der Waals surface area (Å²) >= 11 is 0. The third-order valence-corrected chi connectivity index (χ3v) is 4.00. The molecule has 0 bridgehead atoms. The molecule has 7 nitrogen and oxygen atoms in total. The Morgan fingerprint density at radius 2 is 1.96 bits per heavy atom. The van der Waals surface area contributed by atoms with Gasteiger partial charge in [-0.2, -0.15) is 0 Å². The van der Waals surface area contributed by atoms with Crippen LogP contribution in [-0.2, 0) is 9.53 Å². The molecule has 0 saturated heterocycles. The molecule has 0 spiro atoms. The highest BCUT2D eigenvalue weighted by Gasteiger charge is 2.16. The standard InChI is InChI=1S/C20H19N3O4/c1-12-6-5-7-14(10-12)19(25)21-11-17(24)27-13(2)18-22-16-9-4-3-8-15(16)20(26)23-18/h3-10,13H,11H2,1-2H3,(H,21,25)(H,22,23,26)/t13-/m0/s1. The Morgan fingerprint density at radius 3 is 2.74 bits per heavy atom. The number of rotatable bonds is 5.